The summed E-state index contributed by atoms with van der Waals surface area (Å²) in [6, 6.07) is 19.4. The highest BCUT2D eigenvalue weighted by Gasteiger charge is 2.32. The number of hydrogen-bond donors (Lipinski definition) is 0. The Labute approximate surface area is 125 Å². The molecule has 2 aromatic carbocycles. The van der Waals surface area contributed by atoms with Crippen LogP contribution in [-0.4, -0.2) is 19.7 Å². The van der Waals surface area contributed by atoms with E-state index in [0.29, 0.717) is 6.61 Å². The molecule has 0 unspecified atom stereocenters. The van der Waals surface area contributed by atoms with Gasteiger partial charge in [-0.3, -0.25) is 4.79 Å². The van der Waals surface area contributed by atoms with Crippen LogP contribution in [0.3, 0.4) is 0 Å². The van der Waals surface area contributed by atoms with Crippen molar-refractivity contribution in [1.29, 1.82) is 0 Å². The molecule has 0 aliphatic carbocycles. The number of esters is 1. The van der Waals surface area contributed by atoms with Crippen molar-refractivity contribution in [2.24, 2.45) is 0 Å². The molecule has 110 valence electrons. The summed E-state index contributed by atoms with van der Waals surface area (Å²) in [5.74, 6) is -0.738. The van der Waals surface area contributed by atoms with E-state index in [4.69, 9.17) is 9.47 Å². The summed E-state index contributed by atoms with van der Waals surface area (Å²) >= 11 is 0. The smallest absolute Gasteiger partial charge is 0.316 e. The van der Waals surface area contributed by atoms with Crippen LogP contribution in [-0.2, 0) is 14.3 Å². The van der Waals surface area contributed by atoms with Crippen molar-refractivity contribution >= 4 is 5.97 Å². The van der Waals surface area contributed by atoms with E-state index in [0.717, 1.165) is 11.1 Å². The first kappa shape index (κ1) is 15.3. The average molecular weight is 284 g/mol. The lowest BCUT2D eigenvalue weighted by atomic mass is 9.89. The maximum atomic E-state index is 12.4. The van der Waals surface area contributed by atoms with E-state index >= 15 is 0 Å². The van der Waals surface area contributed by atoms with Crippen molar-refractivity contribution in [3.05, 3.63) is 71.8 Å². The third kappa shape index (κ3) is 3.70. The van der Waals surface area contributed by atoms with Crippen LogP contribution in [0.2, 0.25) is 0 Å². The average Bonchev–Trinajstić information content (AvgIpc) is 2.54. The predicted octanol–water partition coefficient (Wildman–Crippen LogP) is 3.72. The SMILES string of the molecule is CCOC(=O)[C@H](c1ccccc1)[C@H](OC)c1ccccc1. The third-order valence-corrected chi connectivity index (χ3v) is 3.38. The fourth-order valence-electron chi connectivity index (χ4n) is 2.43. The lowest BCUT2D eigenvalue weighted by Crippen LogP contribution is -2.24. The van der Waals surface area contributed by atoms with E-state index in [1.165, 1.54) is 0 Å². The van der Waals surface area contributed by atoms with E-state index in [9.17, 15) is 4.79 Å². The van der Waals surface area contributed by atoms with Crippen molar-refractivity contribution in [2.45, 2.75) is 18.9 Å². The van der Waals surface area contributed by atoms with Crippen LogP contribution in [0.4, 0.5) is 0 Å². The maximum Gasteiger partial charge on any atom is 0.316 e. The molecule has 0 aromatic heterocycles. The molecule has 21 heavy (non-hydrogen) atoms. The normalized spacial score (nSPS) is 13.4. The number of ether oxygens (including phenoxy) is 2. The predicted molar refractivity (Wildman–Crippen MR) is 82.0 cm³/mol. The van der Waals surface area contributed by atoms with Crippen LogP contribution in [0.5, 0.6) is 0 Å². The first-order chi connectivity index (χ1) is 10.3. The quantitative estimate of drug-likeness (QED) is 0.758. The lowest BCUT2D eigenvalue weighted by molar-refractivity contribution is -0.148. The highest BCUT2D eigenvalue weighted by Crippen LogP contribution is 2.34. The molecule has 2 atom stereocenters. The summed E-state index contributed by atoms with van der Waals surface area (Å²) in [7, 11) is 1.62. The van der Waals surface area contributed by atoms with Crippen LogP contribution in [0.25, 0.3) is 0 Å². The molecule has 2 aromatic rings. The first-order valence-electron chi connectivity index (χ1n) is 7.07. The Hall–Kier alpha value is -2.13. The number of carbonyl (C=O) groups is 1. The van der Waals surface area contributed by atoms with Crippen molar-refractivity contribution < 1.29 is 14.3 Å². The van der Waals surface area contributed by atoms with Gasteiger partial charge in [-0.2, -0.15) is 0 Å². The molecule has 0 aliphatic heterocycles. The topological polar surface area (TPSA) is 35.5 Å². The molecule has 0 fully saturated rings. The van der Waals surface area contributed by atoms with Crippen LogP contribution >= 0.6 is 0 Å². The van der Waals surface area contributed by atoms with Gasteiger partial charge in [0.05, 0.1) is 12.7 Å². The van der Waals surface area contributed by atoms with Gasteiger partial charge < -0.3 is 9.47 Å². The Kier molecular flexibility index (Phi) is 5.52. The number of hydrogen-bond acceptors (Lipinski definition) is 3. The van der Waals surface area contributed by atoms with Gasteiger partial charge in [0.1, 0.15) is 5.92 Å². The van der Waals surface area contributed by atoms with E-state index in [1.807, 2.05) is 67.6 Å². The van der Waals surface area contributed by atoms with Gasteiger partial charge in [-0.25, -0.2) is 0 Å². The first-order valence-corrected chi connectivity index (χ1v) is 7.07. The second-order valence-electron chi connectivity index (χ2n) is 4.71. The second kappa shape index (κ2) is 7.60. The highest BCUT2D eigenvalue weighted by molar-refractivity contribution is 5.79. The zero-order chi connectivity index (χ0) is 15.1. The Morgan fingerprint density at radius 1 is 0.952 bits per heavy atom. The zero-order valence-electron chi connectivity index (χ0n) is 12.4. The monoisotopic (exact) mass is 284 g/mol. The minimum absolute atomic E-state index is 0.264. The summed E-state index contributed by atoms with van der Waals surface area (Å²) in [6.45, 7) is 2.16. The molecular weight excluding hydrogens is 264 g/mol. The largest absolute Gasteiger partial charge is 0.465 e. The zero-order valence-corrected chi connectivity index (χ0v) is 12.4. The van der Waals surface area contributed by atoms with Gasteiger partial charge in [0.2, 0.25) is 0 Å². The second-order valence-corrected chi connectivity index (χ2v) is 4.71. The van der Waals surface area contributed by atoms with Gasteiger partial charge in [0.25, 0.3) is 0 Å². The lowest BCUT2D eigenvalue weighted by Gasteiger charge is -2.25. The van der Waals surface area contributed by atoms with E-state index in [2.05, 4.69) is 0 Å². The maximum absolute atomic E-state index is 12.4. The van der Waals surface area contributed by atoms with E-state index in [1.54, 1.807) is 7.11 Å². The molecule has 0 spiro atoms. The summed E-state index contributed by atoms with van der Waals surface area (Å²) in [5.41, 5.74) is 1.86. The standard InChI is InChI=1S/C18H20O3/c1-3-21-18(19)16(14-10-6-4-7-11-14)17(20-2)15-12-8-5-9-13-15/h4-13,16-17H,3H2,1-2H3/t16-,17-/m1/s1. The van der Waals surface area contributed by atoms with Gasteiger partial charge in [-0.1, -0.05) is 60.7 Å². The molecule has 3 heteroatoms. The molecule has 3 nitrogen and oxygen atoms in total. The van der Waals surface area contributed by atoms with Crippen molar-refractivity contribution in [3.8, 4) is 0 Å². The van der Waals surface area contributed by atoms with Crippen LogP contribution in [0, 0.1) is 0 Å². The van der Waals surface area contributed by atoms with Crippen molar-refractivity contribution in [1.82, 2.24) is 0 Å². The molecule has 2 rings (SSSR count). The molecular formula is C18H20O3. The molecule has 0 aliphatic rings. The number of carbonyl (C=O) groups excluding carboxylic acids is 1. The molecule has 0 heterocycles. The Morgan fingerprint density at radius 3 is 1.95 bits per heavy atom. The Morgan fingerprint density at radius 2 is 1.48 bits per heavy atom. The van der Waals surface area contributed by atoms with Gasteiger partial charge in [0, 0.05) is 7.11 Å². The van der Waals surface area contributed by atoms with Crippen LogP contribution < -0.4 is 0 Å². The number of rotatable bonds is 6. The minimum atomic E-state index is -0.474. The Bertz CT molecular complexity index is 551. The van der Waals surface area contributed by atoms with Crippen LogP contribution in [0.1, 0.15) is 30.1 Å². The Balaban J connectivity index is 2.40. The van der Waals surface area contributed by atoms with Gasteiger partial charge in [0.15, 0.2) is 0 Å². The third-order valence-electron chi connectivity index (χ3n) is 3.38. The van der Waals surface area contributed by atoms with Gasteiger partial charge in [-0.15, -0.1) is 0 Å². The number of benzene rings is 2. The fourth-order valence-corrected chi connectivity index (χ4v) is 2.43. The molecule has 0 amide bonds. The van der Waals surface area contributed by atoms with E-state index in [-0.39, 0.29) is 12.1 Å². The molecule has 0 saturated carbocycles. The molecule has 0 bridgehead atoms. The number of methoxy groups -OCH3 is 1. The summed E-state index contributed by atoms with van der Waals surface area (Å²) in [6.07, 6.45) is -0.368. The molecule has 0 N–H and O–H groups in total. The van der Waals surface area contributed by atoms with Crippen LogP contribution in [0.15, 0.2) is 60.7 Å². The fraction of sp³-hybridized carbons (Fsp3) is 0.278. The van der Waals surface area contributed by atoms with E-state index < -0.39 is 5.92 Å². The molecule has 0 radical (unpaired) electrons. The highest BCUT2D eigenvalue weighted by atomic mass is 16.5. The van der Waals surface area contributed by atoms with Gasteiger partial charge in [-0.05, 0) is 18.1 Å². The minimum Gasteiger partial charge on any atom is -0.465 e. The summed E-state index contributed by atoms with van der Waals surface area (Å²) < 4.78 is 10.9. The summed E-state index contributed by atoms with van der Waals surface area (Å²) in [4.78, 5) is 12.4. The summed E-state index contributed by atoms with van der Waals surface area (Å²) in [5, 5.41) is 0. The van der Waals surface area contributed by atoms with Gasteiger partial charge >= 0.3 is 5.97 Å². The van der Waals surface area contributed by atoms with Crippen molar-refractivity contribution in [2.75, 3.05) is 13.7 Å². The van der Waals surface area contributed by atoms with Crippen molar-refractivity contribution in [3.63, 3.8) is 0 Å². The molecule has 0 saturated heterocycles.